The Labute approximate surface area is 170 Å². The zero-order chi connectivity index (χ0) is 20.6. The van der Waals surface area contributed by atoms with Crippen molar-refractivity contribution >= 4 is 11.8 Å². The molecule has 0 radical (unpaired) electrons. The standard InChI is InChI=1S/C24H23FN2O2/c1-26-24(29)23(20-10-6-3-7-11-20)27(17-19-12-14-21(25)15-13-19)22(28)16-18-8-4-2-5-9-18/h2-15,23H,16-17H2,1H3,(H,26,29). The van der Waals surface area contributed by atoms with Gasteiger partial charge in [-0.1, -0.05) is 72.8 Å². The smallest absolute Gasteiger partial charge is 0.247 e. The predicted molar refractivity (Wildman–Crippen MR) is 110 cm³/mol. The highest BCUT2D eigenvalue weighted by Crippen LogP contribution is 2.25. The highest BCUT2D eigenvalue weighted by atomic mass is 19.1. The van der Waals surface area contributed by atoms with Crippen LogP contribution in [0.25, 0.3) is 0 Å². The van der Waals surface area contributed by atoms with Crippen molar-refractivity contribution in [2.24, 2.45) is 0 Å². The van der Waals surface area contributed by atoms with E-state index in [0.717, 1.165) is 16.7 Å². The number of nitrogens with one attached hydrogen (secondary N) is 1. The topological polar surface area (TPSA) is 49.4 Å². The number of carbonyl (C=O) groups is 2. The van der Waals surface area contributed by atoms with Crippen molar-refractivity contribution in [1.29, 1.82) is 0 Å². The summed E-state index contributed by atoms with van der Waals surface area (Å²) in [5, 5.41) is 2.66. The lowest BCUT2D eigenvalue weighted by atomic mass is 10.0. The van der Waals surface area contributed by atoms with Crippen molar-refractivity contribution in [2.75, 3.05) is 7.05 Å². The summed E-state index contributed by atoms with van der Waals surface area (Å²) < 4.78 is 13.3. The first-order chi connectivity index (χ1) is 14.1. The molecular weight excluding hydrogens is 367 g/mol. The molecule has 0 bridgehead atoms. The van der Waals surface area contributed by atoms with E-state index >= 15 is 0 Å². The van der Waals surface area contributed by atoms with Gasteiger partial charge in [0.2, 0.25) is 11.8 Å². The number of hydrogen-bond acceptors (Lipinski definition) is 2. The largest absolute Gasteiger partial charge is 0.357 e. The van der Waals surface area contributed by atoms with E-state index in [-0.39, 0.29) is 30.6 Å². The second-order valence-corrected chi connectivity index (χ2v) is 6.74. The molecule has 1 atom stereocenters. The van der Waals surface area contributed by atoms with Gasteiger partial charge >= 0.3 is 0 Å². The molecule has 0 heterocycles. The molecule has 0 aromatic heterocycles. The quantitative estimate of drug-likeness (QED) is 0.666. The molecule has 4 nitrogen and oxygen atoms in total. The molecule has 0 aliphatic carbocycles. The lowest BCUT2D eigenvalue weighted by molar-refractivity contribution is -0.141. The molecule has 0 saturated carbocycles. The molecule has 3 rings (SSSR count). The summed E-state index contributed by atoms with van der Waals surface area (Å²) in [5.41, 5.74) is 2.33. The first-order valence-electron chi connectivity index (χ1n) is 9.43. The van der Waals surface area contributed by atoms with Gasteiger partial charge in [-0.25, -0.2) is 4.39 Å². The van der Waals surface area contributed by atoms with Crippen molar-refractivity contribution in [2.45, 2.75) is 19.0 Å². The van der Waals surface area contributed by atoms with Crippen LogP contribution >= 0.6 is 0 Å². The number of likely N-dealkylation sites (N-methyl/N-ethyl adjacent to an activating group) is 1. The van der Waals surface area contributed by atoms with Crippen LogP contribution in [0.1, 0.15) is 22.7 Å². The van der Waals surface area contributed by atoms with Crippen molar-refractivity contribution in [3.8, 4) is 0 Å². The molecule has 0 saturated heterocycles. The fraction of sp³-hybridized carbons (Fsp3) is 0.167. The second kappa shape index (κ2) is 9.64. The molecule has 1 unspecified atom stereocenters. The first kappa shape index (κ1) is 20.3. The minimum Gasteiger partial charge on any atom is -0.357 e. The van der Waals surface area contributed by atoms with Gasteiger partial charge in [-0.05, 0) is 28.8 Å². The summed E-state index contributed by atoms with van der Waals surface area (Å²) in [6.45, 7) is 0.193. The third-order valence-corrected chi connectivity index (χ3v) is 4.71. The zero-order valence-electron chi connectivity index (χ0n) is 16.2. The summed E-state index contributed by atoms with van der Waals surface area (Å²) in [6.07, 6.45) is 0.169. The van der Waals surface area contributed by atoms with Crippen LogP contribution in [-0.4, -0.2) is 23.8 Å². The van der Waals surface area contributed by atoms with Gasteiger partial charge in [-0.3, -0.25) is 9.59 Å². The van der Waals surface area contributed by atoms with Crippen molar-refractivity contribution in [3.63, 3.8) is 0 Å². The molecule has 5 heteroatoms. The van der Waals surface area contributed by atoms with Gasteiger partial charge in [-0.2, -0.15) is 0 Å². The molecule has 1 N–H and O–H groups in total. The third-order valence-electron chi connectivity index (χ3n) is 4.71. The molecule has 29 heavy (non-hydrogen) atoms. The molecule has 3 aromatic carbocycles. The third kappa shape index (κ3) is 5.29. The number of halogens is 1. The van der Waals surface area contributed by atoms with Crippen LogP contribution in [0.15, 0.2) is 84.9 Å². The van der Waals surface area contributed by atoms with Crippen LogP contribution in [0.4, 0.5) is 4.39 Å². The molecular formula is C24H23FN2O2. The Balaban J connectivity index is 1.98. The number of carbonyl (C=O) groups excluding carboxylic acids is 2. The minimum absolute atomic E-state index is 0.169. The monoisotopic (exact) mass is 390 g/mol. The van der Waals surface area contributed by atoms with Gasteiger partial charge in [-0.15, -0.1) is 0 Å². The fourth-order valence-corrected chi connectivity index (χ4v) is 3.23. The maximum absolute atomic E-state index is 13.3. The van der Waals surface area contributed by atoms with Crippen LogP contribution in [0.3, 0.4) is 0 Å². The van der Waals surface area contributed by atoms with E-state index < -0.39 is 6.04 Å². The van der Waals surface area contributed by atoms with E-state index in [2.05, 4.69) is 5.32 Å². The van der Waals surface area contributed by atoms with E-state index in [4.69, 9.17) is 0 Å². The molecule has 0 spiro atoms. The van der Waals surface area contributed by atoms with Crippen LogP contribution in [0.2, 0.25) is 0 Å². The molecule has 0 aliphatic rings. The van der Waals surface area contributed by atoms with Crippen LogP contribution in [0.5, 0.6) is 0 Å². The van der Waals surface area contributed by atoms with E-state index in [1.54, 1.807) is 24.1 Å². The van der Waals surface area contributed by atoms with Gasteiger partial charge in [0.05, 0.1) is 6.42 Å². The Bertz CT molecular complexity index is 944. The normalized spacial score (nSPS) is 11.5. The fourth-order valence-electron chi connectivity index (χ4n) is 3.23. The van der Waals surface area contributed by atoms with Crippen LogP contribution < -0.4 is 5.32 Å². The van der Waals surface area contributed by atoms with Gasteiger partial charge in [0.15, 0.2) is 0 Å². The number of amides is 2. The molecule has 148 valence electrons. The van der Waals surface area contributed by atoms with E-state index in [9.17, 15) is 14.0 Å². The van der Waals surface area contributed by atoms with E-state index in [1.165, 1.54) is 12.1 Å². The van der Waals surface area contributed by atoms with E-state index in [0.29, 0.717) is 0 Å². The zero-order valence-corrected chi connectivity index (χ0v) is 16.2. The van der Waals surface area contributed by atoms with Gasteiger partial charge in [0, 0.05) is 13.6 Å². The lowest BCUT2D eigenvalue weighted by Gasteiger charge is -2.31. The Hall–Kier alpha value is -3.47. The summed E-state index contributed by atoms with van der Waals surface area (Å²) in [7, 11) is 1.55. The maximum Gasteiger partial charge on any atom is 0.247 e. The molecule has 2 amide bonds. The summed E-state index contributed by atoms with van der Waals surface area (Å²) >= 11 is 0. The number of nitrogens with zero attached hydrogens (tertiary/aromatic N) is 1. The molecule has 0 aliphatic heterocycles. The summed E-state index contributed by atoms with van der Waals surface area (Å²) in [5.74, 6) is -0.806. The van der Waals surface area contributed by atoms with Crippen molar-refractivity contribution < 1.29 is 14.0 Å². The second-order valence-electron chi connectivity index (χ2n) is 6.74. The SMILES string of the molecule is CNC(=O)C(c1ccccc1)N(Cc1ccc(F)cc1)C(=O)Cc1ccccc1. The summed E-state index contributed by atoms with van der Waals surface area (Å²) in [6, 6.07) is 23.8. The number of benzene rings is 3. The lowest BCUT2D eigenvalue weighted by Crippen LogP contribution is -2.43. The average molecular weight is 390 g/mol. The van der Waals surface area contributed by atoms with Crippen LogP contribution in [0, 0.1) is 5.82 Å². The molecule has 3 aromatic rings. The van der Waals surface area contributed by atoms with Crippen molar-refractivity contribution in [1.82, 2.24) is 10.2 Å². The van der Waals surface area contributed by atoms with Gasteiger partial charge in [0.1, 0.15) is 11.9 Å². The number of rotatable bonds is 7. The van der Waals surface area contributed by atoms with Gasteiger partial charge < -0.3 is 10.2 Å². The first-order valence-corrected chi connectivity index (χ1v) is 9.43. The predicted octanol–water partition coefficient (Wildman–Crippen LogP) is 3.88. The van der Waals surface area contributed by atoms with Crippen molar-refractivity contribution in [3.05, 3.63) is 107 Å². The van der Waals surface area contributed by atoms with Crippen LogP contribution in [-0.2, 0) is 22.6 Å². The number of hydrogen-bond donors (Lipinski definition) is 1. The Morgan fingerprint density at radius 2 is 1.45 bits per heavy atom. The van der Waals surface area contributed by atoms with E-state index in [1.807, 2.05) is 60.7 Å². The summed E-state index contributed by atoms with van der Waals surface area (Å²) in [4.78, 5) is 27.6. The Kier molecular flexibility index (Phi) is 6.74. The molecule has 0 fully saturated rings. The average Bonchev–Trinajstić information content (AvgIpc) is 2.76. The minimum atomic E-state index is -0.789. The highest BCUT2D eigenvalue weighted by molar-refractivity contribution is 5.89. The maximum atomic E-state index is 13.3. The Morgan fingerprint density at radius 1 is 0.862 bits per heavy atom. The Morgan fingerprint density at radius 3 is 2.03 bits per heavy atom. The highest BCUT2D eigenvalue weighted by Gasteiger charge is 2.30. The van der Waals surface area contributed by atoms with Gasteiger partial charge in [0.25, 0.3) is 0 Å².